The molecule has 0 radical (unpaired) electrons. The van der Waals surface area contributed by atoms with Crippen molar-refractivity contribution in [2.24, 2.45) is 0 Å². The van der Waals surface area contributed by atoms with Crippen molar-refractivity contribution in [2.75, 3.05) is 13.4 Å². The summed E-state index contributed by atoms with van der Waals surface area (Å²) in [5.74, 6) is 0.176. The van der Waals surface area contributed by atoms with Crippen LogP contribution in [0.15, 0.2) is 23.1 Å². The molecule has 0 saturated carbocycles. The number of carbonyl (C=O) groups excluding carboxylic acids is 1. The van der Waals surface area contributed by atoms with Crippen LogP contribution in [0.25, 0.3) is 0 Å². The molecule has 5 heteroatoms. The van der Waals surface area contributed by atoms with Gasteiger partial charge in [0.15, 0.2) is 9.84 Å². The molecule has 1 atom stereocenters. The normalized spacial score (nSPS) is 13.1. The molecule has 0 saturated heterocycles. The van der Waals surface area contributed by atoms with Crippen LogP contribution in [0.2, 0.25) is 0 Å². The standard InChI is InChI=1S/C12H16O4S/c1-9(7-8-13)10-5-4-6-11(16-2)12(10)17(3,14)15/h4-6,8-9H,7H2,1-3H3. The Morgan fingerprint density at radius 3 is 2.53 bits per heavy atom. The molecule has 1 unspecified atom stereocenters. The van der Waals surface area contributed by atoms with E-state index in [9.17, 15) is 13.2 Å². The summed E-state index contributed by atoms with van der Waals surface area (Å²) in [4.78, 5) is 10.7. The molecule has 0 fully saturated rings. The second-order valence-corrected chi connectivity index (χ2v) is 5.91. The lowest BCUT2D eigenvalue weighted by Crippen LogP contribution is -2.08. The number of ether oxygens (including phenoxy) is 1. The van der Waals surface area contributed by atoms with Crippen LogP contribution in [-0.4, -0.2) is 28.1 Å². The molecule has 1 aromatic carbocycles. The van der Waals surface area contributed by atoms with Crippen LogP contribution in [0.5, 0.6) is 5.75 Å². The molecular weight excluding hydrogens is 240 g/mol. The number of carbonyl (C=O) groups is 1. The molecular formula is C12H16O4S. The Morgan fingerprint density at radius 1 is 1.41 bits per heavy atom. The van der Waals surface area contributed by atoms with Crippen LogP contribution < -0.4 is 4.74 Å². The fourth-order valence-corrected chi connectivity index (χ4v) is 2.96. The zero-order valence-electron chi connectivity index (χ0n) is 10.1. The molecule has 0 aliphatic rings. The first-order chi connectivity index (χ1) is 7.91. The number of hydrogen-bond donors (Lipinski definition) is 0. The first-order valence-electron chi connectivity index (χ1n) is 5.22. The van der Waals surface area contributed by atoms with E-state index in [0.717, 1.165) is 12.5 Å². The molecule has 0 aliphatic heterocycles. The number of methoxy groups -OCH3 is 1. The van der Waals surface area contributed by atoms with Gasteiger partial charge in [-0.3, -0.25) is 0 Å². The molecule has 4 nitrogen and oxygen atoms in total. The summed E-state index contributed by atoms with van der Waals surface area (Å²) >= 11 is 0. The maximum Gasteiger partial charge on any atom is 0.179 e. The molecule has 0 bridgehead atoms. The van der Waals surface area contributed by atoms with Crippen LogP contribution >= 0.6 is 0 Å². The Bertz CT molecular complexity index is 505. The van der Waals surface area contributed by atoms with Crippen molar-refractivity contribution in [1.82, 2.24) is 0 Å². The molecule has 0 spiro atoms. The van der Waals surface area contributed by atoms with E-state index in [2.05, 4.69) is 0 Å². The monoisotopic (exact) mass is 256 g/mol. The van der Waals surface area contributed by atoms with Gasteiger partial charge in [0.05, 0.1) is 7.11 Å². The fraction of sp³-hybridized carbons (Fsp3) is 0.417. The van der Waals surface area contributed by atoms with Gasteiger partial charge >= 0.3 is 0 Å². The third-order valence-electron chi connectivity index (χ3n) is 2.58. The van der Waals surface area contributed by atoms with Crippen LogP contribution in [0.4, 0.5) is 0 Å². The Balaban J connectivity index is 3.45. The van der Waals surface area contributed by atoms with Gasteiger partial charge in [-0.15, -0.1) is 0 Å². The predicted octanol–water partition coefficient (Wildman–Crippen LogP) is 1.79. The van der Waals surface area contributed by atoms with Crippen LogP contribution in [0.1, 0.15) is 24.8 Å². The zero-order chi connectivity index (χ0) is 13.1. The average Bonchev–Trinajstić information content (AvgIpc) is 2.27. The van der Waals surface area contributed by atoms with E-state index in [1.807, 2.05) is 6.92 Å². The second kappa shape index (κ2) is 5.31. The van der Waals surface area contributed by atoms with Gasteiger partial charge in [-0.05, 0) is 17.5 Å². The van der Waals surface area contributed by atoms with E-state index >= 15 is 0 Å². The first-order valence-corrected chi connectivity index (χ1v) is 7.11. The summed E-state index contributed by atoms with van der Waals surface area (Å²) < 4.78 is 28.6. The highest BCUT2D eigenvalue weighted by atomic mass is 32.2. The van der Waals surface area contributed by atoms with E-state index in [1.165, 1.54) is 7.11 Å². The summed E-state index contributed by atoms with van der Waals surface area (Å²) in [6, 6.07) is 5.05. The summed E-state index contributed by atoms with van der Waals surface area (Å²) in [6.45, 7) is 1.82. The molecule has 1 aromatic rings. The number of benzene rings is 1. The number of rotatable bonds is 5. The molecule has 0 N–H and O–H groups in total. The fourth-order valence-electron chi connectivity index (χ4n) is 1.75. The van der Waals surface area contributed by atoms with Crippen molar-refractivity contribution in [3.8, 4) is 5.75 Å². The minimum absolute atomic E-state index is 0.146. The minimum Gasteiger partial charge on any atom is -0.495 e. The van der Waals surface area contributed by atoms with Gasteiger partial charge in [0.1, 0.15) is 16.9 Å². The van der Waals surface area contributed by atoms with Crippen LogP contribution in [0.3, 0.4) is 0 Å². The van der Waals surface area contributed by atoms with Crippen molar-refractivity contribution >= 4 is 16.1 Å². The van der Waals surface area contributed by atoms with Gasteiger partial charge < -0.3 is 9.53 Å². The molecule has 0 heterocycles. The maximum atomic E-state index is 11.8. The highest BCUT2D eigenvalue weighted by Gasteiger charge is 2.22. The van der Waals surface area contributed by atoms with Crippen molar-refractivity contribution in [2.45, 2.75) is 24.2 Å². The third-order valence-corrected chi connectivity index (χ3v) is 3.76. The summed E-state index contributed by atoms with van der Waals surface area (Å²) in [5, 5.41) is 0. The third kappa shape index (κ3) is 3.06. The molecule has 17 heavy (non-hydrogen) atoms. The van der Waals surface area contributed by atoms with Gasteiger partial charge in [0, 0.05) is 12.7 Å². The average molecular weight is 256 g/mol. The van der Waals surface area contributed by atoms with E-state index in [-0.39, 0.29) is 17.2 Å². The first kappa shape index (κ1) is 13.7. The number of sulfone groups is 1. The minimum atomic E-state index is -3.38. The topological polar surface area (TPSA) is 60.4 Å². The SMILES string of the molecule is COc1cccc(C(C)CC=O)c1S(C)(=O)=O. The molecule has 0 aromatic heterocycles. The van der Waals surface area contributed by atoms with E-state index < -0.39 is 9.84 Å². The highest BCUT2D eigenvalue weighted by Crippen LogP contribution is 2.33. The largest absolute Gasteiger partial charge is 0.495 e. The summed E-state index contributed by atoms with van der Waals surface area (Å²) in [5.41, 5.74) is 0.624. The Hall–Kier alpha value is -1.36. The van der Waals surface area contributed by atoms with Crippen molar-refractivity contribution < 1.29 is 17.9 Å². The summed E-state index contributed by atoms with van der Waals surface area (Å²) in [6.07, 6.45) is 2.22. The van der Waals surface area contributed by atoms with Gasteiger partial charge in [-0.1, -0.05) is 19.1 Å². The van der Waals surface area contributed by atoms with Gasteiger partial charge in [0.25, 0.3) is 0 Å². The van der Waals surface area contributed by atoms with E-state index in [1.54, 1.807) is 18.2 Å². The van der Waals surface area contributed by atoms with Gasteiger partial charge in [-0.25, -0.2) is 8.42 Å². The lowest BCUT2D eigenvalue weighted by Gasteiger charge is -2.16. The van der Waals surface area contributed by atoms with Crippen molar-refractivity contribution in [3.05, 3.63) is 23.8 Å². The Kier molecular flexibility index (Phi) is 4.28. The van der Waals surface area contributed by atoms with Crippen LogP contribution in [-0.2, 0) is 14.6 Å². The molecule has 0 amide bonds. The van der Waals surface area contributed by atoms with Gasteiger partial charge in [0.2, 0.25) is 0 Å². The zero-order valence-corrected chi connectivity index (χ0v) is 11.0. The lowest BCUT2D eigenvalue weighted by atomic mass is 9.98. The quantitative estimate of drug-likeness (QED) is 0.754. The van der Waals surface area contributed by atoms with Crippen molar-refractivity contribution in [1.29, 1.82) is 0 Å². The van der Waals surface area contributed by atoms with E-state index in [0.29, 0.717) is 11.3 Å². The van der Waals surface area contributed by atoms with Gasteiger partial charge in [-0.2, -0.15) is 0 Å². The van der Waals surface area contributed by atoms with E-state index in [4.69, 9.17) is 4.74 Å². The number of hydrogen-bond acceptors (Lipinski definition) is 4. The molecule has 94 valence electrons. The lowest BCUT2D eigenvalue weighted by molar-refractivity contribution is -0.108. The Morgan fingerprint density at radius 2 is 2.06 bits per heavy atom. The highest BCUT2D eigenvalue weighted by molar-refractivity contribution is 7.90. The number of aldehydes is 1. The predicted molar refractivity (Wildman–Crippen MR) is 65.2 cm³/mol. The molecule has 0 aliphatic carbocycles. The summed E-state index contributed by atoms with van der Waals surface area (Å²) in [7, 11) is -1.95. The smallest absolute Gasteiger partial charge is 0.179 e. The Labute approximate surface area is 102 Å². The van der Waals surface area contributed by atoms with Crippen LogP contribution in [0, 0.1) is 0 Å². The maximum absolute atomic E-state index is 11.8. The molecule has 1 rings (SSSR count). The van der Waals surface area contributed by atoms with Crippen molar-refractivity contribution in [3.63, 3.8) is 0 Å². The second-order valence-electron chi connectivity index (χ2n) is 3.95.